The lowest BCUT2D eigenvalue weighted by Gasteiger charge is -2.02. The Morgan fingerprint density at radius 1 is 1.47 bits per heavy atom. The molecule has 0 amide bonds. The van der Waals surface area contributed by atoms with E-state index in [2.05, 4.69) is 15.5 Å². The van der Waals surface area contributed by atoms with Gasteiger partial charge in [0.05, 0.1) is 11.1 Å². The summed E-state index contributed by atoms with van der Waals surface area (Å²) in [6.07, 6.45) is 2.38. The van der Waals surface area contributed by atoms with Crippen LogP contribution in [0.1, 0.15) is 36.2 Å². The van der Waals surface area contributed by atoms with Crippen LogP contribution in [0.5, 0.6) is 0 Å². The summed E-state index contributed by atoms with van der Waals surface area (Å²) in [6, 6.07) is 5.03. The molecule has 3 rings (SSSR count). The van der Waals surface area contributed by atoms with E-state index in [9.17, 15) is 4.39 Å². The SMILES string of the molecule is Fc1c(Cl)cccc1Cc1noc([C@@H]2CCCN2)n1. The molecule has 0 spiro atoms. The number of aromatic nitrogens is 2. The second-order valence-corrected chi connectivity index (χ2v) is 4.99. The van der Waals surface area contributed by atoms with Crippen LogP contribution in [0.3, 0.4) is 0 Å². The highest BCUT2D eigenvalue weighted by Crippen LogP contribution is 2.23. The van der Waals surface area contributed by atoms with E-state index in [4.69, 9.17) is 16.1 Å². The summed E-state index contributed by atoms with van der Waals surface area (Å²) in [5.74, 6) is 0.634. The molecule has 0 saturated carbocycles. The Balaban J connectivity index is 1.78. The first-order valence-electron chi connectivity index (χ1n) is 6.23. The summed E-state index contributed by atoms with van der Waals surface area (Å²) in [6.45, 7) is 0.964. The molecule has 0 aliphatic carbocycles. The van der Waals surface area contributed by atoms with E-state index in [1.807, 2.05) is 0 Å². The van der Waals surface area contributed by atoms with Crippen LogP contribution >= 0.6 is 11.6 Å². The lowest BCUT2D eigenvalue weighted by Crippen LogP contribution is -2.13. The summed E-state index contributed by atoms with van der Waals surface area (Å²) >= 11 is 5.74. The van der Waals surface area contributed by atoms with Crippen molar-refractivity contribution in [2.45, 2.75) is 25.3 Å². The molecule has 0 unspecified atom stereocenters. The highest BCUT2D eigenvalue weighted by atomic mass is 35.5. The van der Waals surface area contributed by atoms with Gasteiger partial charge in [-0.3, -0.25) is 0 Å². The molecular weight excluding hydrogens is 269 g/mol. The van der Waals surface area contributed by atoms with E-state index < -0.39 is 5.82 Å². The molecule has 1 fully saturated rings. The van der Waals surface area contributed by atoms with Crippen molar-refractivity contribution < 1.29 is 8.91 Å². The summed E-state index contributed by atoms with van der Waals surface area (Å²) in [5.41, 5.74) is 0.472. The fourth-order valence-electron chi connectivity index (χ4n) is 2.23. The van der Waals surface area contributed by atoms with Crippen molar-refractivity contribution in [2.75, 3.05) is 6.54 Å². The van der Waals surface area contributed by atoms with Gasteiger partial charge in [-0.25, -0.2) is 4.39 Å². The van der Waals surface area contributed by atoms with Gasteiger partial charge in [0.1, 0.15) is 5.82 Å². The molecule has 1 atom stereocenters. The largest absolute Gasteiger partial charge is 0.338 e. The predicted molar refractivity (Wildman–Crippen MR) is 68.5 cm³/mol. The van der Waals surface area contributed by atoms with Crippen LogP contribution in [0.15, 0.2) is 22.7 Å². The first kappa shape index (κ1) is 12.6. The molecule has 1 aromatic carbocycles. The number of rotatable bonds is 3. The van der Waals surface area contributed by atoms with Crippen molar-refractivity contribution in [3.8, 4) is 0 Å². The standard InChI is InChI=1S/C13H13ClFN3O/c14-9-4-1-3-8(12(9)15)7-11-17-13(19-18-11)10-5-2-6-16-10/h1,3-4,10,16H,2,5-7H2/t10-/m0/s1. The fourth-order valence-corrected chi connectivity index (χ4v) is 2.43. The van der Waals surface area contributed by atoms with Gasteiger partial charge < -0.3 is 9.84 Å². The van der Waals surface area contributed by atoms with Gasteiger partial charge in [-0.15, -0.1) is 0 Å². The Morgan fingerprint density at radius 3 is 3.16 bits per heavy atom. The lowest BCUT2D eigenvalue weighted by atomic mass is 10.1. The minimum atomic E-state index is -0.422. The number of nitrogens with one attached hydrogen (secondary N) is 1. The number of nitrogens with zero attached hydrogens (tertiary/aromatic N) is 2. The van der Waals surface area contributed by atoms with Crippen molar-refractivity contribution in [3.05, 3.63) is 46.3 Å². The molecule has 0 radical (unpaired) electrons. The van der Waals surface area contributed by atoms with E-state index in [0.29, 0.717) is 17.3 Å². The predicted octanol–water partition coefficient (Wildman–Crippen LogP) is 2.88. The minimum Gasteiger partial charge on any atom is -0.338 e. The molecule has 6 heteroatoms. The third-order valence-electron chi connectivity index (χ3n) is 3.22. The van der Waals surface area contributed by atoms with Gasteiger partial charge in [0.15, 0.2) is 5.82 Å². The second-order valence-electron chi connectivity index (χ2n) is 4.59. The van der Waals surface area contributed by atoms with E-state index in [-0.39, 0.29) is 17.5 Å². The van der Waals surface area contributed by atoms with E-state index >= 15 is 0 Å². The van der Waals surface area contributed by atoms with Gasteiger partial charge in [0.2, 0.25) is 5.89 Å². The number of hydrogen-bond acceptors (Lipinski definition) is 4. The van der Waals surface area contributed by atoms with Crippen LogP contribution in [0, 0.1) is 5.82 Å². The highest BCUT2D eigenvalue weighted by molar-refractivity contribution is 6.30. The summed E-state index contributed by atoms with van der Waals surface area (Å²) in [5, 5.41) is 7.28. The zero-order valence-electron chi connectivity index (χ0n) is 10.2. The van der Waals surface area contributed by atoms with E-state index in [1.54, 1.807) is 12.1 Å². The van der Waals surface area contributed by atoms with Crippen molar-refractivity contribution in [3.63, 3.8) is 0 Å². The molecule has 1 N–H and O–H groups in total. The minimum absolute atomic E-state index is 0.110. The van der Waals surface area contributed by atoms with Crippen LogP contribution in [0.4, 0.5) is 4.39 Å². The van der Waals surface area contributed by atoms with Crippen molar-refractivity contribution in [2.24, 2.45) is 0 Å². The monoisotopic (exact) mass is 281 g/mol. The Hall–Kier alpha value is -1.46. The van der Waals surface area contributed by atoms with Gasteiger partial charge in [-0.2, -0.15) is 4.98 Å². The van der Waals surface area contributed by atoms with Gasteiger partial charge in [0.25, 0.3) is 0 Å². The first-order chi connectivity index (χ1) is 9.24. The van der Waals surface area contributed by atoms with Crippen molar-refractivity contribution in [1.29, 1.82) is 0 Å². The molecule has 1 aliphatic heterocycles. The second kappa shape index (κ2) is 5.27. The summed E-state index contributed by atoms with van der Waals surface area (Å²) in [7, 11) is 0. The maximum Gasteiger partial charge on any atom is 0.243 e. The number of hydrogen-bond donors (Lipinski definition) is 1. The van der Waals surface area contributed by atoms with Crippen LogP contribution in [0.25, 0.3) is 0 Å². The molecule has 2 heterocycles. The highest BCUT2D eigenvalue weighted by Gasteiger charge is 2.22. The Morgan fingerprint density at radius 2 is 2.37 bits per heavy atom. The first-order valence-corrected chi connectivity index (χ1v) is 6.60. The van der Waals surface area contributed by atoms with Gasteiger partial charge in [-0.05, 0) is 31.0 Å². The summed E-state index contributed by atoms with van der Waals surface area (Å²) in [4.78, 5) is 4.31. The van der Waals surface area contributed by atoms with Gasteiger partial charge in [0, 0.05) is 6.42 Å². The van der Waals surface area contributed by atoms with Crippen LogP contribution in [-0.2, 0) is 6.42 Å². The average Bonchev–Trinajstić information content (AvgIpc) is 3.05. The maximum atomic E-state index is 13.8. The average molecular weight is 282 g/mol. The molecule has 1 aromatic heterocycles. The topological polar surface area (TPSA) is 51.0 Å². The van der Waals surface area contributed by atoms with Gasteiger partial charge in [-0.1, -0.05) is 28.9 Å². The van der Waals surface area contributed by atoms with Crippen LogP contribution in [-0.4, -0.2) is 16.7 Å². The molecule has 1 aliphatic rings. The Labute approximate surface area is 115 Å². The zero-order chi connectivity index (χ0) is 13.2. The number of benzene rings is 1. The molecule has 0 bridgehead atoms. The number of halogens is 2. The van der Waals surface area contributed by atoms with Crippen LogP contribution < -0.4 is 5.32 Å². The van der Waals surface area contributed by atoms with E-state index in [0.717, 1.165) is 19.4 Å². The van der Waals surface area contributed by atoms with Crippen molar-refractivity contribution >= 4 is 11.6 Å². The van der Waals surface area contributed by atoms with Crippen LogP contribution in [0.2, 0.25) is 5.02 Å². The molecule has 4 nitrogen and oxygen atoms in total. The smallest absolute Gasteiger partial charge is 0.243 e. The zero-order valence-corrected chi connectivity index (χ0v) is 11.0. The third-order valence-corrected chi connectivity index (χ3v) is 3.51. The third kappa shape index (κ3) is 2.62. The molecule has 2 aromatic rings. The lowest BCUT2D eigenvalue weighted by molar-refractivity contribution is 0.341. The molecule has 100 valence electrons. The maximum absolute atomic E-state index is 13.8. The quantitative estimate of drug-likeness (QED) is 0.940. The Bertz CT molecular complexity index is 581. The van der Waals surface area contributed by atoms with Crippen molar-refractivity contribution in [1.82, 2.24) is 15.5 Å². The molecular formula is C13H13ClFN3O. The summed E-state index contributed by atoms with van der Waals surface area (Å²) < 4.78 is 19.0. The van der Waals surface area contributed by atoms with E-state index in [1.165, 1.54) is 6.07 Å². The molecule has 1 saturated heterocycles. The van der Waals surface area contributed by atoms with Gasteiger partial charge >= 0.3 is 0 Å². The fraction of sp³-hybridized carbons (Fsp3) is 0.385. The Kier molecular flexibility index (Phi) is 3.48. The normalized spacial score (nSPS) is 18.9. The molecule has 19 heavy (non-hydrogen) atoms.